The lowest BCUT2D eigenvalue weighted by Gasteiger charge is -2.07. The zero-order valence-corrected chi connectivity index (χ0v) is 13.1. The van der Waals surface area contributed by atoms with Crippen LogP contribution < -0.4 is 5.32 Å². The van der Waals surface area contributed by atoms with E-state index in [9.17, 15) is 4.79 Å². The number of carbonyl (C=O) groups is 1. The number of aryl methyl sites for hydroxylation is 2. The fraction of sp³-hybridized carbons (Fsp3) is 0.385. The maximum Gasteiger partial charge on any atom is 0.269 e. The van der Waals surface area contributed by atoms with E-state index >= 15 is 0 Å². The van der Waals surface area contributed by atoms with Crippen molar-refractivity contribution >= 4 is 17.7 Å². The van der Waals surface area contributed by atoms with Crippen molar-refractivity contribution < 1.29 is 4.79 Å². The van der Waals surface area contributed by atoms with Crippen molar-refractivity contribution in [3.63, 3.8) is 0 Å². The first-order valence-corrected chi connectivity index (χ1v) is 7.65. The van der Waals surface area contributed by atoms with Crippen LogP contribution in [-0.4, -0.2) is 36.7 Å². The Bertz CT molecular complexity index is 660. The molecule has 0 saturated carbocycles. The van der Waals surface area contributed by atoms with Gasteiger partial charge in [0.25, 0.3) is 5.91 Å². The number of amides is 1. The number of rotatable bonds is 6. The summed E-state index contributed by atoms with van der Waals surface area (Å²) in [6.07, 6.45) is 3.71. The minimum absolute atomic E-state index is 0.183. The van der Waals surface area contributed by atoms with Crippen molar-refractivity contribution in [3.8, 4) is 0 Å². The van der Waals surface area contributed by atoms with Crippen LogP contribution in [0.1, 0.15) is 22.0 Å². The highest BCUT2D eigenvalue weighted by atomic mass is 32.2. The van der Waals surface area contributed by atoms with Crippen LogP contribution in [0.5, 0.6) is 0 Å². The average molecular weight is 306 g/mol. The number of allylic oxidation sites excluding steroid dienone is 1. The van der Waals surface area contributed by atoms with Crippen LogP contribution in [0.3, 0.4) is 0 Å². The number of hydrogen-bond donors (Lipinski definition) is 1. The third kappa shape index (κ3) is 3.33. The minimum Gasteiger partial charge on any atom is -0.343 e. The van der Waals surface area contributed by atoms with E-state index in [0.29, 0.717) is 24.6 Å². The molecule has 21 heavy (non-hydrogen) atoms. The molecule has 2 rings (SSSR count). The van der Waals surface area contributed by atoms with Crippen molar-refractivity contribution in [2.75, 3.05) is 6.26 Å². The first-order chi connectivity index (χ1) is 10.1. The number of nitrogens with one attached hydrogen (secondary N) is 1. The molecule has 0 saturated heterocycles. The van der Waals surface area contributed by atoms with Gasteiger partial charge in [0, 0.05) is 13.6 Å². The van der Waals surface area contributed by atoms with E-state index < -0.39 is 0 Å². The highest BCUT2D eigenvalue weighted by molar-refractivity contribution is 7.98. The van der Waals surface area contributed by atoms with Gasteiger partial charge in [-0.3, -0.25) is 9.48 Å². The Morgan fingerprint density at radius 2 is 2.29 bits per heavy atom. The van der Waals surface area contributed by atoms with E-state index in [1.807, 2.05) is 17.7 Å². The zero-order chi connectivity index (χ0) is 15.4. The third-order valence-electron chi connectivity index (χ3n) is 2.93. The molecule has 0 aliphatic carbocycles. The van der Waals surface area contributed by atoms with Crippen molar-refractivity contribution in [2.24, 2.45) is 7.05 Å². The fourth-order valence-corrected chi connectivity index (χ4v) is 2.51. The van der Waals surface area contributed by atoms with Gasteiger partial charge in [-0.1, -0.05) is 17.8 Å². The van der Waals surface area contributed by atoms with Crippen LogP contribution in [0.25, 0.3) is 0 Å². The summed E-state index contributed by atoms with van der Waals surface area (Å²) in [6.45, 7) is 6.49. The van der Waals surface area contributed by atoms with Crippen LogP contribution in [0.2, 0.25) is 0 Å². The average Bonchev–Trinajstić information content (AvgIpc) is 2.99. The largest absolute Gasteiger partial charge is 0.343 e. The topological polar surface area (TPSA) is 77.6 Å². The second-order valence-electron chi connectivity index (χ2n) is 4.48. The van der Waals surface area contributed by atoms with Crippen LogP contribution in [0.4, 0.5) is 0 Å². The fourth-order valence-electron chi connectivity index (χ4n) is 1.99. The molecule has 1 amide bonds. The molecule has 0 aliphatic heterocycles. The van der Waals surface area contributed by atoms with Crippen LogP contribution in [-0.2, 0) is 20.1 Å². The van der Waals surface area contributed by atoms with Gasteiger partial charge in [-0.05, 0) is 19.2 Å². The van der Waals surface area contributed by atoms with E-state index in [1.54, 1.807) is 23.9 Å². The smallest absolute Gasteiger partial charge is 0.269 e. The molecule has 0 atom stereocenters. The van der Waals surface area contributed by atoms with E-state index in [4.69, 9.17) is 0 Å². The summed E-state index contributed by atoms with van der Waals surface area (Å²) in [5, 5.41) is 16.0. The molecule has 2 aromatic heterocycles. The zero-order valence-electron chi connectivity index (χ0n) is 12.3. The molecule has 1 N–H and O–H groups in total. The van der Waals surface area contributed by atoms with Gasteiger partial charge in [-0.2, -0.15) is 5.10 Å². The molecule has 2 heterocycles. The highest BCUT2D eigenvalue weighted by Gasteiger charge is 2.14. The highest BCUT2D eigenvalue weighted by Crippen LogP contribution is 2.13. The monoisotopic (exact) mass is 306 g/mol. The number of aromatic nitrogens is 5. The Balaban J connectivity index is 2.09. The normalized spacial score (nSPS) is 10.6. The molecule has 8 heteroatoms. The summed E-state index contributed by atoms with van der Waals surface area (Å²) in [5.41, 5.74) is 1.33. The second-order valence-corrected chi connectivity index (χ2v) is 5.25. The Kier molecular flexibility index (Phi) is 4.79. The summed E-state index contributed by atoms with van der Waals surface area (Å²) >= 11 is 1.51. The van der Waals surface area contributed by atoms with Crippen molar-refractivity contribution in [1.29, 1.82) is 0 Å². The molecule has 0 aliphatic rings. The molecule has 7 nitrogen and oxygen atoms in total. The molecule has 0 unspecified atom stereocenters. The molecular weight excluding hydrogens is 288 g/mol. The van der Waals surface area contributed by atoms with Crippen LogP contribution >= 0.6 is 11.8 Å². The maximum absolute atomic E-state index is 12.1. The van der Waals surface area contributed by atoms with E-state index in [2.05, 4.69) is 27.2 Å². The molecule has 2 aromatic rings. The van der Waals surface area contributed by atoms with Gasteiger partial charge in [0.05, 0.1) is 12.2 Å². The number of hydrogen-bond acceptors (Lipinski definition) is 5. The summed E-state index contributed by atoms with van der Waals surface area (Å²) in [7, 11) is 1.74. The van der Waals surface area contributed by atoms with E-state index in [0.717, 1.165) is 10.9 Å². The van der Waals surface area contributed by atoms with Gasteiger partial charge in [0.2, 0.25) is 0 Å². The second kappa shape index (κ2) is 6.57. The first kappa shape index (κ1) is 15.3. The molecule has 112 valence electrons. The molecule has 0 spiro atoms. The summed E-state index contributed by atoms with van der Waals surface area (Å²) in [6, 6.07) is 1.75. The minimum atomic E-state index is -0.183. The van der Waals surface area contributed by atoms with Crippen molar-refractivity contribution in [2.45, 2.75) is 25.2 Å². The lowest BCUT2D eigenvalue weighted by molar-refractivity contribution is 0.0940. The molecule has 0 bridgehead atoms. The standard InChI is InChI=1S/C13H18N6OS/c1-5-6-19-11(15-16-13(19)21-4)8-14-12(20)10-7-9(2)17-18(10)3/h5,7H,1,6,8H2,2-4H3,(H,14,20). The van der Waals surface area contributed by atoms with Crippen molar-refractivity contribution in [3.05, 3.63) is 35.9 Å². The maximum atomic E-state index is 12.1. The van der Waals surface area contributed by atoms with Crippen LogP contribution in [0.15, 0.2) is 23.9 Å². The first-order valence-electron chi connectivity index (χ1n) is 6.42. The molecular formula is C13H18N6OS. The lowest BCUT2D eigenvalue weighted by atomic mass is 10.3. The predicted molar refractivity (Wildman–Crippen MR) is 81.1 cm³/mol. The summed E-state index contributed by atoms with van der Waals surface area (Å²) in [5.74, 6) is 0.517. The number of nitrogens with zero attached hydrogens (tertiary/aromatic N) is 5. The quantitative estimate of drug-likeness (QED) is 0.640. The molecule has 0 radical (unpaired) electrons. The number of carbonyl (C=O) groups excluding carboxylic acids is 1. The van der Waals surface area contributed by atoms with E-state index in [-0.39, 0.29) is 5.91 Å². The molecule has 0 fully saturated rings. The lowest BCUT2D eigenvalue weighted by Crippen LogP contribution is -2.26. The SMILES string of the molecule is C=CCn1c(CNC(=O)c2cc(C)nn2C)nnc1SC. The Morgan fingerprint density at radius 3 is 2.86 bits per heavy atom. The van der Waals surface area contributed by atoms with Crippen LogP contribution in [0, 0.1) is 6.92 Å². The van der Waals surface area contributed by atoms with Crippen molar-refractivity contribution in [1.82, 2.24) is 29.9 Å². The Morgan fingerprint density at radius 1 is 1.52 bits per heavy atom. The Labute approximate surface area is 127 Å². The van der Waals surface area contributed by atoms with Gasteiger partial charge < -0.3 is 9.88 Å². The predicted octanol–water partition coefficient (Wildman–Crippen LogP) is 1.16. The van der Waals surface area contributed by atoms with Gasteiger partial charge in [0.15, 0.2) is 11.0 Å². The summed E-state index contributed by atoms with van der Waals surface area (Å²) in [4.78, 5) is 12.1. The van der Waals surface area contributed by atoms with Gasteiger partial charge in [-0.25, -0.2) is 0 Å². The van der Waals surface area contributed by atoms with E-state index in [1.165, 1.54) is 11.8 Å². The Hall–Kier alpha value is -2.09. The van der Waals surface area contributed by atoms with Gasteiger partial charge >= 0.3 is 0 Å². The van der Waals surface area contributed by atoms with Gasteiger partial charge in [0.1, 0.15) is 5.69 Å². The number of thioether (sulfide) groups is 1. The third-order valence-corrected chi connectivity index (χ3v) is 3.60. The molecule has 0 aromatic carbocycles. The van der Waals surface area contributed by atoms with Gasteiger partial charge in [-0.15, -0.1) is 16.8 Å². The summed E-state index contributed by atoms with van der Waals surface area (Å²) < 4.78 is 3.49.